The molecule has 0 aliphatic rings. The lowest BCUT2D eigenvalue weighted by molar-refractivity contribution is -0.120. The maximum Gasteiger partial charge on any atom is 0.264 e. The van der Waals surface area contributed by atoms with E-state index < -0.39 is 28.3 Å². The summed E-state index contributed by atoms with van der Waals surface area (Å²) in [4.78, 5) is 12.8. The van der Waals surface area contributed by atoms with Gasteiger partial charge in [-0.3, -0.25) is 9.10 Å². The number of nitrogens with zero attached hydrogens (tertiary/aromatic N) is 1. The highest BCUT2D eigenvalue weighted by Crippen LogP contribution is 2.24. The summed E-state index contributed by atoms with van der Waals surface area (Å²) in [6.45, 7) is 5.23. The first-order valence-electron chi connectivity index (χ1n) is 9.88. The Morgan fingerprint density at radius 3 is 1.97 bits per heavy atom. The van der Waals surface area contributed by atoms with E-state index in [0.717, 1.165) is 21.0 Å². The number of anilines is 1. The second-order valence-electron chi connectivity index (χ2n) is 7.50. The summed E-state index contributed by atoms with van der Waals surface area (Å²) in [5, 5.41) is 2.84. The van der Waals surface area contributed by atoms with Crippen molar-refractivity contribution in [2.24, 2.45) is 0 Å². The molecule has 0 saturated carbocycles. The third kappa shape index (κ3) is 5.49. The second-order valence-corrected chi connectivity index (χ2v) is 9.36. The van der Waals surface area contributed by atoms with Crippen molar-refractivity contribution < 1.29 is 17.6 Å². The van der Waals surface area contributed by atoms with Crippen molar-refractivity contribution in [1.82, 2.24) is 5.32 Å². The quantitative estimate of drug-likeness (QED) is 0.588. The molecular weight excluding hydrogens is 415 g/mol. The number of halogens is 1. The molecule has 1 amide bonds. The van der Waals surface area contributed by atoms with Gasteiger partial charge in [0.2, 0.25) is 5.91 Å². The molecule has 0 saturated heterocycles. The van der Waals surface area contributed by atoms with Gasteiger partial charge < -0.3 is 5.32 Å². The predicted octanol–water partition coefficient (Wildman–Crippen LogP) is 4.52. The van der Waals surface area contributed by atoms with Gasteiger partial charge in [0.15, 0.2) is 0 Å². The Bertz CT molecular complexity index is 1140. The maximum atomic E-state index is 13.4. The van der Waals surface area contributed by atoms with E-state index in [1.807, 2.05) is 45.0 Å². The molecule has 7 heteroatoms. The lowest BCUT2D eigenvalue weighted by Crippen LogP contribution is -2.41. The fraction of sp³-hybridized carbons (Fsp3) is 0.208. The topological polar surface area (TPSA) is 66.5 Å². The van der Waals surface area contributed by atoms with E-state index in [0.29, 0.717) is 0 Å². The number of rotatable bonds is 7. The van der Waals surface area contributed by atoms with E-state index in [9.17, 15) is 17.6 Å². The molecule has 1 N–H and O–H groups in total. The fourth-order valence-electron chi connectivity index (χ4n) is 3.12. The first-order chi connectivity index (χ1) is 14.7. The van der Waals surface area contributed by atoms with Crippen molar-refractivity contribution in [3.8, 4) is 0 Å². The number of carbonyl (C=O) groups is 1. The van der Waals surface area contributed by atoms with Crippen LogP contribution >= 0.6 is 0 Å². The summed E-state index contributed by atoms with van der Waals surface area (Å²) >= 11 is 0. The van der Waals surface area contributed by atoms with Crippen molar-refractivity contribution in [2.45, 2.75) is 31.7 Å². The van der Waals surface area contributed by atoms with Crippen LogP contribution < -0.4 is 9.62 Å². The van der Waals surface area contributed by atoms with Gasteiger partial charge in [0.25, 0.3) is 10.0 Å². The Morgan fingerprint density at radius 1 is 0.903 bits per heavy atom. The summed E-state index contributed by atoms with van der Waals surface area (Å²) in [5.41, 5.74) is 3.14. The smallest absolute Gasteiger partial charge is 0.264 e. The Balaban J connectivity index is 1.87. The molecule has 162 valence electrons. The van der Waals surface area contributed by atoms with Gasteiger partial charge >= 0.3 is 0 Å². The average Bonchev–Trinajstić information content (AvgIpc) is 2.73. The number of amides is 1. The zero-order valence-electron chi connectivity index (χ0n) is 17.7. The molecular formula is C24H25FN2O3S. The van der Waals surface area contributed by atoms with Crippen LogP contribution in [0.4, 0.5) is 10.1 Å². The molecule has 0 spiro atoms. The van der Waals surface area contributed by atoms with Crippen LogP contribution in [0.25, 0.3) is 0 Å². The number of aryl methyl sites for hydroxylation is 2. The van der Waals surface area contributed by atoms with Crippen molar-refractivity contribution in [2.75, 3.05) is 10.8 Å². The minimum Gasteiger partial charge on any atom is -0.348 e. The maximum absolute atomic E-state index is 13.4. The number of sulfonamides is 1. The van der Waals surface area contributed by atoms with Crippen LogP contribution in [0.2, 0.25) is 0 Å². The van der Waals surface area contributed by atoms with Gasteiger partial charge in [-0.2, -0.15) is 0 Å². The number of hydrogen-bond donors (Lipinski definition) is 1. The molecule has 3 rings (SSSR count). The molecule has 0 heterocycles. The van der Waals surface area contributed by atoms with Crippen LogP contribution in [0, 0.1) is 19.7 Å². The van der Waals surface area contributed by atoms with Gasteiger partial charge in [-0.1, -0.05) is 47.5 Å². The zero-order chi connectivity index (χ0) is 22.6. The fourth-order valence-corrected chi connectivity index (χ4v) is 4.54. The van der Waals surface area contributed by atoms with Crippen molar-refractivity contribution in [1.29, 1.82) is 0 Å². The molecule has 3 aromatic carbocycles. The minimum absolute atomic E-state index is 0.0572. The van der Waals surface area contributed by atoms with Crippen LogP contribution in [-0.2, 0) is 14.8 Å². The Morgan fingerprint density at radius 2 is 1.42 bits per heavy atom. The van der Waals surface area contributed by atoms with E-state index in [-0.39, 0.29) is 16.6 Å². The van der Waals surface area contributed by atoms with Gasteiger partial charge in [0, 0.05) is 0 Å². The minimum atomic E-state index is -4.03. The Hall–Kier alpha value is -3.19. The van der Waals surface area contributed by atoms with Gasteiger partial charge in [0.05, 0.1) is 16.6 Å². The monoisotopic (exact) mass is 440 g/mol. The molecule has 0 aromatic heterocycles. The lowest BCUT2D eigenvalue weighted by Gasteiger charge is -2.25. The first-order valence-corrected chi connectivity index (χ1v) is 11.3. The van der Waals surface area contributed by atoms with Crippen molar-refractivity contribution in [3.63, 3.8) is 0 Å². The van der Waals surface area contributed by atoms with Crippen LogP contribution in [0.3, 0.4) is 0 Å². The molecule has 5 nitrogen and oxygen atoms in total. The highest BCUT2D eigenvalue weighted by atomic mass is 32.2. The number of carbonyl (C=O) groups excluding carboxylic acids is 1. The van der Waals surface area contributed by atoms with Gasteiger partial charge in [-0.15, -0.1) is 0 Å². The molecule has 0 aliphatic heterocycles. The standard InChI is InChI=1S/C24H25FN2O3S/c1-17-4-8-20(9-5-17)19(3)26-24(28)16-27(22-12-10-21(25)11-13-22)31(29,30)23-14-6-18(2)7-15-23/h4-15,19H,16H2,1-3H3,(H,26,28)/t19-/m0/s1. The van der Waals surface area contributed by atoms with Gasteiger partial charge in [-0.25, -0.2) is 12.8 Å². The molecule has 0 radical (unpaired) electrons. The third-order valence-electron chi connectivity index (χ3n) is 4.97. The number of hydrogen-bond acceptors (Lipinski definition) is 3. The molecule has 0 bridgehead atoms. The van der Waals surface area contributed by atoms with E-state index in [1.54, 1.807) is 12.1 Å². The largest absolute Gasteiger partial charge is 0.348 e. The van der Waals surface area contributed by atoms with E-state index in [1.165, 1.54) is 36.4 Å². The zero-order valence-corrected chi connectivity index (χ0v) is 18.5. The Labute approximate surface area is 182 Å². The van der Waals surface area contributed by atoms with Crippen molar-refractivity contribution >= 4 is 21.6 Å². The number of benzene rings is 3. The average molecular weight is 441 g/mol. The van der Waals surface area contributed by atoms with Gasteiger partial charge in [-0.05, 0) is 62.7 Å². The van der Waals surface area contributed by atoms with E-state index >= 15 is 0 Å². The van der Waals surface area contributed by atoms with Crippen LogP contribution in [0.15, 0.2) is 77.7 Å². The van der Waals surface area contributed by atoms with E-state index in [4.69, 9.17) is 0 Å². The normalized spacial score (nSPS) is 12.3. The van der Waals surface area contributed by atoms with Crippen LogP contribution in [-0.4, -0.2) is 20.9 Å². The third-order valence-corrected chi connectivity index (χ3v) is 6.75. The molecule has 0 aliphatic carbocycles. The lowest BCUT2D eigenvalue weighted by atomic mass is 10.1. The molecule has 0 unspecified atom stereocenters. The summed E-state index contributed by atoms with van der Waals surface area (Å²) in [6.07, 6.45) is 0. The van der Waals surface area contributed by atoms with Crippen LogP contribution in [0.1, 0.15) is 29.7 Å². The molecule has 1 atom stereocenters. The molecule has 0 fully saturated rings. The van der Waals surface area contributed by atoms with Crippen molar-refractivity contribution in [3.05, 3.63) is 95.3 Å². The SMILES string of the molecule is Cc1ccc([C@H](C)NC(=O)CN(c2ccc(F)cc2)S(=O)(=O)c2ccc(C)cc2)cc1. The number of nitrogens with one attached hydrogen (secondary N) is 1. The van der Waals surface area contributed by atoms with Gasteiger partial charge in [0.1, 0.15) is 12.4 Å². The van der Waals surface area contributed by atoms with Crippen LogP contribution in [0.5, 0.6) is 0 Å². The summed E-state index contributed by atoms with van der Waals surface area (Å²) in [6, 6.07) is 18.8. The highest BCUT2D eigenvalue weighted by molar-refractivity contribution is 7.92. The highest BCUT2D eigenvalue weighted by Gasteiger charge is 2.27. The predicted molar refractivity (Wildman–Crippen MR) is 120 cm³/mol. The molecule has 31 heavy (non-hydrogen) atoms. The second kappa shape index (κ2) is 9.31. The summed E-state index contributed by atoms with van der Waals surface area (Å²) in [5.74, 6) is -0.957. The Kier molecular flexibility index (Phi) is 6.75. The molecule has 3 aromatic rings. The summed E-state index contributed by atoms with van der Waals surface area (Å²) < 4.78 is 41.0. The first kappa shape index (κ1) is 22.5. The summed E-state index contributed by atoms with van der Waals surface area (Å²) in [7, 11) is -4.03. The van der Waals surface area contributed by atoms with E-state index in [2.05, 4.69) is 5.32 Å².